The molecule has 0 atom stereocenters. The van der Waals surface area contributed by atoms with E-state index in [2.05, 4.69) is 15.6 Å². The van der Waals surface area contributed by atoms with E-state index in [1.807, 2.05) is 22.9 Å². The number of pyridine rings is 1. The summed E-state index contributed by atoms with van der Waals surface area (Å²) >= 11 is 0. The molecule has 0 aliphatic heterocycles. The number of alkyl carbamates (subject to hydrolysis) is 1. The number of carbonyl (C=O) groups is 4. The zero-order valence-electron chi connectivity index (χ0n) is 27.4. The summed E-state index contributed by atoms with van der Waals surface area (Å²) in [4.78, 5) is 54.5. The number of nitrogens with zero attached hydrogens (tertiary/aromatic N) is 2. The summed E-state index contributed by atoms with van der Waals surface area (Å²) in [6.07, 6.45) is 0.351. The van der Waals surface area contributed by atoms with Crippen molar-refractivity contribution in [3.63, 3.8) is 0 Å². The number of ether oxygens (including phenoxy) is 3. The molecule has 0 fully saturated rings. The zero-order valence-corrected chi connectivity index (χ0v) is 30.2. The summed E-state index contributed by atoms with van der Waals surface area (Å²) in [6, 6.07) is 30.7. The Labute approximate surface area is 315 Å². The van der Waals surface area contributed by atoms with Crippen LogP contribution in [0.1, 0.15) is 27.2 Å². The average Bonchev–Trinajstić information content (AvgIpc) is 3.59. The molecule has 0 aliphatic carbocycles. The maximum absolute atomic E-state index is 13.4. The number of carbonyl (C=O) groups excluding carboxylic acids is 4. The fourth-order valence-corrected chi connectivity index (χ4v) is 5.49. The number of hydrogen-bond acceptors (Lipinski definition) is 10. The molecular weight excluding hydrogens is 689 g/mol. The molecular formula is C35H31N5NaO9S. The Balaban J connectivity index is 0.00000583. The van der Waals surface area contributed by atoms with Gasteiger partial charge in [0.1, 0.15) is 32.2 Å². The van der Waals surface area contributed by atoms with Gasteiger partial charge in [0.25, 0.3) is 0 Å². The molecule has 2 aromatic heterocycles. The maximum atomic E-state index is 13.4. The molecule has 0 saturated carbocycles. The molecule has 14 nitrogen and oxygen atoms in total. The fraction of sp³-hybridized carbons (Fsp3) is 0.114. The topological polar surface area (TPSA) is 184 Å². The van der Waals surface area contributed by atoms with Crippen LogP contribution in [0.5, 0.6) is 0 Å². The Hall–Kier alpha value is -5.48. The second-order valence-electron chi connectivity index (χ2n) is 10.5. The molecule has 0 aliphatic rings. The Bertz CT molecular complexity index is 2050. The van der Waals surface area contributed by atoms with E-state index in [-0.39, 0.29) is 66.3 Å². The first-order valence-corrected chi connectivity index (χ1v) is 16.5. The van der Waals surface area contributed by atoms with Crippen LogP contribution in [0.25, 0.3) is 11.1 Å². The largest absolute Gasteiger partial charge is 0.456 e. The first-order chi connectivity index (χ1) is 24.2. The standard InChI is InChI=1S/C35H31N5O9S.Na/c41-31(21-37-34(43)48-23-26-12-6-2-7-13-26)38-30-17-16-28(20-36-30)29-18-19-40(32(29)33(42)47-22-25-10-4-1-5-11-25)50(45,46)39-35(44)49-24-27-14-8-3-9-15-27;/h1-20H,21-24H2,(H,37,43)(H,39,44)(H,36,38,41);. The van der Waals surface area contributed by atoms with Crippen LogP contribution in [0.3, 0.4) is 0 Å². The van der Waals surface area contributed by atoms with E-state index in [0.29, 0.717) is 15.1 Å². The van der Waals surface area contributed by atoms with Crippen molar-refractivity contribution in [2.75, 3.05) is 11.9 Å². The van der Waals surface area contributed by atoms with Gasteiger partial charge in [-0.15, -0.1) is 0 Å². The van der Waals surface area contributed by atoms with Gasteiger partial charge in [-0.25, -0.2) is 28.1 Å². The van der Waals surface area contributed by atoms with Gasteiger partial charge in [-0.2, -0.15) is 8.42 Å². The van der Waals surface area contributed by atoms with Crippen LogP contribution in [-0.2, 0) is 49.0 Å². The SMILES string of the molecule is O=C(CNC(=O)OCc1ccccc1)Nc1ccc(-c2ccn(S(=O)(=O)NC(=O)OCc3ccccc3)c2C(=O)OCc2ccccc2)cn1.[Na]. The van der Waals surface area contributed by atoms with Gasteiger partial charge in [0.05, 0.1) is 0 Å². The van der Waals surface area contributed by atoms with E-state index in [0.717, 1.165) is 11.8 Å². The molecule has 0 bridgehead atoms. The van der Waals surface area contributed by atoms with Crippen LogP contribution in [0.15, 0.2) is 122 Å². The molecule has 5 aromatic rings. The van der Waals surface area contributed by atoms with Crippen molar-refractivity contribution < 1.29 is 41.8 Å². The Kier molecular flexibility index (Phi) is 13.9. The van der Waals surface area contributed by atoms with Crippen molar-refractivity contribution in [2.24, 2.45) is 0 Å². The van der Waals surface area contributed by atoms with Gasteiger partial charge in [0.2, 0.25) is 5.91 Å². The fourth-order valence-electron chi connectivity index (χ4n) is 4.49. The minimum absolute atomic E-state index is 0. The van der Waals surface area contributed by atoms with E-state index in [1.54, 1.807) is 72.8 Å². The minimum atomic E-state index is -4.70. The number of nitrogens with one attached hydrogen (secondary N) is 3. The summed E-state index contributed by atoms with van der Waals surface area (Å²) in [7, 11) is -4.70. The number of aromatic nitrogens is 2. The Morgan fingerprint density at radius 1 is 0.667 bits per heavy atom. The van der Waals surface area contributed by atoms with Crippen molar-refractivity contribution in [3.05, 3.63) is 144 Å². The third kappa shape index (κ3) is 11.3. The van der Waals surface area contributed by atoms with Crippen LogP contribution < -0.4 is 15.4 Å². The van der Waals surface area contributed by atoms with E-state index >= 15 is 0 Å². The molecule has 257 valence electrons. The van der Waals surface area contributed by atoms with Gasteiger partial charge in [0, 0.05) is 53.1 Å². The van der Waals surface area contributed by atoms with E-state index in [1.165, 1.54) is 24.4 Å². The number of esters is 1. The summed E-state index contributed by atoms with van der Waals surface area (Å²) in [6.45, 7) is -0.700. The first-order valence-electron chi connectivity index (χ1n) is 15.0. The molecule has 0 spiro atoms. The van der Waals surface area contributed by atoms with Gasteiger partial charge in [-0.3, -0.25) is 4.79 Å². The van der Waals surface area contributed by atoms with Crippen LogP contribution in [0.2, 0.25) is 0 Å². The molecule has 0 saturated heterocycles. The minimum Gasteiger partial charge on any atom is -0.456 e. The normalized spacial score (nSPS) is 10.6. The molecule has 3 aromatic carbocycles. The van der Waals surface area contributed by atoms with Crippen LogP contribution >= 0.6 is 0 Å². The monoisotopic (exact) mass is 720 g/mol. The molecule has 16 heteroatoms. The molecule has 5 rings (SSSR count). The van der Waals surface area contributed by atoms with Gasteiger partial charge >= 0.3 is 28.4 Å². The third-order valence-electron chi connectivity index (χ3n) is 6.89. The van der Waals surface area contributed by atoms with Crippen molar-refractivity contribution >= 4 is 69.6 Å². The van der Waals surface area contributed by atoms with Gasteiger partial charge in [-0.1, -0.05) is 91.0 Å². The van der Waals surface area contributed by atoms with E-state index < -0.39 is 46.5 Å². The smallest absolute Gasteiger partial charge is 0.422 e. The summed E-state index contributed by atoms with van der Waals surface area (Å²) < 4.78 is 44.7. The van der Waals surface area contributed by atoms with Crippen molar-refractivity contribution in [3.8, 4) is 11.1 Å². The number of anilines is 1. The van der Waals surface area contributed by atoms with E-state index in [9.17, 15) is 27.6 Å². The maximum Gasteiger partial charge on any atom is 0.422 e. The quantitative estimate of drug-likeness (QED) is 0.0895. The number of benzene rings is 3. The number of hydrogen-bond donors (Lipinski definition) is 3. The molecule has 2 heterocycles. The van der Waals surface area contributed by atoms with Crippen molar-refractivity contribution in [2.45, 2.75) is 19.8 Å². The summed E-state index contributed by atoms with van der Waals surface area (Å²) in [5.41, 5.74) is 2.07. The Morgan fingerprint density at radius 2 is 1.20 bits per heavy atom. The zero-order chi connectivity index (χ0) is 35.3. The summed E-state index contributed by atoms with van der Waals surface area (Å²) in [5.74, 6) is -1.48. The van der Waals surface area contributed by atoms with Crippen LogP contribution in [0, 0.1) is 0 Å². The first kappa shape index (κ1) is 38.3. The molecule has 3 amide bonds. The third-order valence-corrected chi connectivity index (χ3v) is 8.14. The van der Waals surface area contributed by atoms with E-state index in [4.69, 9.17) is 14.2 Å². The van der Waals surface area contributed by atoms with Crippen LogP contribution in [-0.4, -0.2) is 77.5 Å². The van der Waals surface area contributed by atoms with Crippen molar-refractivity contribution in [1.29, 1.82) is 0 Å². The molecule has 1 radical (unpaired) electrons. The van der Waals surface area contributed by atoms with Gasteiger partial charge in [-0.05, 0) is 34.9 Å². The van der Waals surface area contributed by atoms with Gasteiger partial charge in [0.15, 0.2) is 5.69 Å². The van der Waals surface area contributed by atoms with Gasteiger partial charge < -0.3 is 24.8 Å². The Morgan fingerprint density at radius 3 is 1.73 bits per heavy atom. The second kappa shape index (κ2) is 18.5. The molecule has 51 heavy (non-hydrogen) atoms. The molecule has 3 N–H and O–H groups in total. The number of rotatable bonds is 13. The van der Waals surface area contributed by atoms with Crippen LogP contribution in [0.4, 0.5) is 15.4 Å². The van der Waals surface area contributed by atoms with Crippen molar-refractivity contribution in [1.82, 2.24) is 19.0 Å². The summed E-state index contributed by atoms with van der Waals surface area (Å²) in [5, 5.41) is 4.88. The second-order valence-corrected chi connectivity index (χ2v) is 12.0. The average molecular weight is 721 g/mol. The number of amides is 3. The predicted molar refractivity (Wildman–Crippen MR) is 186 cm³/mol. The predicted octanol–water partition coefficient (Wildman–Crippen LogP) is 4.41. The molecule has 0 unspecified atom stereocenters.